The van der Waals surface area contributed by atoms with Gasteiger partial charge in [-0.15, -0.1) is 0 Å². The van der Waals surface area contributed by atoms with Crippen LogP contribution in [0.3, 0.4) is 0 Å². The lowest BCUT2D eigenvalue weighted by atomic mass is 10.2. The summed E-state index contributed by atoms with van der Waals surface area (Å²) in [4.78, 5) is 11.7. The van der Waals surface area contributed by atoms with Gasteiger partial charge < -0.3 is 9.47 Å². The third kappa shape index (κ3) is 5.00. The van der Waals surface area contributed by atoms with Crippen molar-refractivity contribution in [3.05, 3.63) is 58.6 Å². The molecule has 0 fully saturated rings. The largest absolute Gasteiger partial charge is 0.495 e. The van der Waals surface area contributed by atoms with Crippen LogP contribution in [0.25, 0.3) is 0 Å². The van der Waals surface area contributed by atoms with E-state index < -0.39 is 0 Å². The summed E-state index contributed by atoms with van der Waals surface area (Å²) in [6.45, 7) is 1.81. The molecule has 0 saturated heterocycles. The molecule has 1 N–H and O–H groups in total. The van der Waals surface area contributed by atoms with Gasteiger partial charge >= 0.3 is 0 Å². The van der Waals surface area contributed by atoms with E-state index in [1.165, 1.54) is 6.21 Å². The second-order valence-electron chi connectivity index (χ2n) is 4.74. The maximum absolute atomic E-state index is 11.7. The number of carbonyl (C=O) groups is 1. The molecule has 6 heteroatoms. The molecule has 120 valence electrons. The van der Waals surface area contributed by atoms with Crippen LogP contribution >= 0.6 is 11.6 Å². The van der Waals surface area contributed by atoms with Crippen LogP contribution in [0.5, 0.6) is 11.5 Å². The normalized spacial score (nSPS) is 10.6. The van der Waals surface area contributed by atoms with Crippen LogP contribution < -0.4 is 14.9 Å². The molecule has 2 aromatic rings. The van der Waals surface area contributed by atoms with Crippen LogP contribution in [0.1, 0.15) is 11.1 Å². The van der Waals surface area contributed by atoms with Crippen LogP contribution in [-0.2, 0) is 4.79 Å². The summed E-state index contributed by atoms with van der Waals surface area (Å²) < 4.78 is 10.5. The zero-order chi connectivity index (χ0) is 16.7. The van der Waals surface area contributed by atoms with Gasteiger partial charge in [0.05, 0.1) is 18.3 Å². The molecule has 0 atom stereocenters. The molecule has 0 saturated carbocycles. The van der Waals surface area contributed by atoms with Crippen LogP contribution in [-0.4, -0.2) is 25.8 Å². The molecule has 2 aromatic carbocycles. The number of ether oxygens (including phenoxy) is 2. The molecule has 1 amide bonds. The first kappa shape index (κ1) is 16.8. The lowest BCUT2D eigenvalue weighted by Gasteiger charge is -2.07. The van der Waals surface area contributed by atoms with Gasteiger partial charge in [0, 0.05) is 0 Å². The summed E-state index contributed by atoms with van der Waals surface area (Å²) >= 11 is 6.01. The van der Waals surface area contributed by atoms with Gasteiger partial charge in [0.15, 0.2) is 6.61 Å². The van der Waals surface area contributed by atoms with Crippen molar-refractivity contribution in [2.24, 2.45) is 5.10 Å². The lowest BCUT2D eigenvalue weighted by Crippen LogP contribution is -2.24. The number of halogens is 1. The van der Waals surface area contributed by atoms with Crippen molar-refractivity contribution in [3.63, 3.8) is 0 Å². The highest BCUT2D eigenvalue weighted by molar-refractivity contribution is 6.32. The molecule has 0 spiro atoms. The summed E-state index contributed by atoms with van der Waals surface area (Å²) in [5.41, 5.74) is 4.12. The molecule has 0 heterocycles. The SMILES string of the molecule is COc1ccc(/C=N\NC(=O)COc2ccccc2C)cc1Cl. The Hall–Kier alpha value is -2.53. The minimum Gasteiger partial charge on any atom is -0.495 e. The summed E-state index contributed by atoms with van der Waals surface area (Å²) in [5.74, 6) is 0.914. The van der Waals surface area contributed by atoms with Gasteiger partial charge in [-0.3, -0.25) is 4.79 Å². The van der Waals surface area contributed by atoms with E-state index in [1.807, 2.05) is 31.2 Å². The minimum absolute atomic E-state index is 0.106. The fraction of sp³-hybridized carbons (Fsp3) is 0.176. The molecule has 2 rings (SSSR count). The third-order valence-corrected chi connectivity index (χ3v) is 3.33. The number of para-hydroxylation sites is 1. The van der Waals surface area contributed by atoms with Gasteiger partial charge in [-0.25, -0.2) is 5.43 Å². The maximum Gasteiger partial charge on any atom is 0.277 e. The van der Waals surface area contributed by atoms with Crippen molar-refractivity contribution in [1.82, 2.24) is 5.43 Å². The van der Waals surface area contributed by atoms with Crippen LogP contribution in [0.2, 0.25) is 5.02 Å². The molecule has 5 nitrogen and oxygen atoms in total. The quantitative estimate of drug-likeness (QED) is 0.653. The zero-order valence-electron chi connectivity index (χ0n) is 12.9. The number of aryl methyl sites for hydroxylation is 1. The Balaban J connectivity index is 1.84. The van der Waals surface area contributed by atoms with Crippen molar-refractivity contribution in [2.75, 3.05) is 13.7 Å². The summed E-state index contributed by atoms with van der Waals surface area (Å²) in [5, 5.41) is 4.35. The van der Waals surface area contributed by atoms with Gasteiger partial charge in [-0.1, -0.05) is 29.8 Å². The fourth-order valence-electron chi connectivity index (χ4n) is 1.84. The van der Waals surface area contributed by atoms with Crippen LogP contribution in [0.15, 0.2) is 47.6 Å². The number of benzene rings is 2. The monoisotopic (exact) mass is 332 g/mol. The van der Waals surface area contributed by atoms with Gasteiger partial charge in [-0.2, -0.15) is 5.10 Å². The number of hydrogen-bond acceptors (Lipinski definition) is 4. The molecule has 0 aliphatic heterocycles. The second-order valence-corrected chi connectivity index (χ2v) is 5.15. The predicted molar refractivity (Wildman–Crippen MR) is 90.4 cm³/mol. The molecule has 23 heavy (non-hydrogen) atoms. The Morgan fingerprint density at radius 3 is 2.74 bits per heavy atom. The van der Waals surface area contributed by atoms with Gasteiger partial charge in [0.2, 0.25) is 0 Å². The highest BCUT2D eigenvalue weighted by Crippen LogP contribution is 2.24. The Labute approximate surface area is 139 Å². The van der Waals surface area contributed by atoms with Crippen LogP contribution in [0.4, 0.5) is 0 Å². The number of hydrogen-bond donors (Lipinski definition) is 1. The average Bonchev–Trinajstić information content (AvgIpc) is 2.54. The van der Waals surface area contributed by atoms with E-state index >= 15 is 0 Å². The van der Waals surface area contributed by atoms with Crippen molar-refractivity contribution in [2.45, 2.75) is 6.92 Å². The summed E-state index contributed by atoms with van der Waals surface area (Å²) in [6.07, 6.45) is 1.50. The number of carbonyl (C=O) groups excluding carboxylic acids is 1. The second kappa shape index (κ2) is 8.19. The number of methoxy groups -OCH3 is 1. The lowest BCUT2D eigenvalue weighted by molar-refractivity contribution is -0.123. The van der Waals surface area contributed by atoms with Gasteiger partial charge in [-0.05, 0) is 42.3 Å². The summed E-state index contributed by atoms with van der Waals surface area (Å²) in [7, 11) is 1.55. The van der Waals surface area contributed by atoms with E-state index in [1.54, 1.807) is 25.3 Å². The van der Waals surface area contributed by atoms with Crippen molar-refractivity contribution in [1.29, 1.82) is 0 Å². The molecule has 0 aliphatic rings. The first-order valence-corrected chi connectivity index (χ1v) is 7.32. The van der Waals surface area contributed by atoms with E-state index in [-0.39, 0.29) is 12.5 Å². The van der Waals surface area contributed by atoms with Crippen molar-refractivity contribution < 1.29 is 14.3 Å². The maximum atomic E-state index is 11.7. The molecule has 0 radical (unpaired) electrons. The minimum atomic E-state index is -0.343. The Bertz CT molecular complexity index is 717. The zero-order valence-corrected chi connectivity index (χ0v) is 13.6. The molecule has 0 unspecified atom stereocenters. The third-order valence-electron chi connectivity index (χ3n) is 3.03. The average molecular weight is 333 g/mol. The van der Waals surface area contributed by atoms with E-state index in [4.69, 9.17) is 21.1 Å². The molecule has 0 aliphatic carbocycles. The predicted octanol–water partition coefficient (Wildman–Crippen LogP) is 3.19. The number of hydrazone groups is 1. The van der Waals surface area contributed by atoms with Gasteiger partial charge in [0.1, 0.15) is 11.5 Å². The first-order chi connectivity index (χ1) is 11.1. The van der Waals surface area contributed by atoms with E-state index in [2.05, 4.69) is 10.5 Å². The summed E-state index contributed by atoms with van der Waals surface area (Å²) in [6, 6.07) is 12.7. The van der Waals surface area contributed by atoms with Crippen molar-refractivity contribution >= 4 is 23.7 Å². The van der Waals surface area contributed by atoms with E-state index in [0.717, 1.165) is 11.1 Å². The van der Waals surface area contributed by atoms with E-state index in [0.29, 0.717) is 16.5 Å². The number of rotatable bonds is 6. The molecule has 0 bridgehead atoms. The fourth-order valence-corrected chi connectivity index (χ4v) is 2.10. The highest BCUT2D eigenvalue weighted by Gasteiger charge is 2.03. The molecular weight excluding hydrogens is 316 g/mol. The van der Waals surface area contributed by atoms with Crippen LogP contribution in [0, 0.1) is 6.92 Å². The Kier molecular flexibility index (Phi) is 6.00. The number of nitrogens with zero attached hydrogens (tertiary/aromatic N) is 1. The standard InChI is InChI=1S/C17H17ClN2O3/c1-12-5-3-4-6-15(12)23-11-17(21)20-19-10-13-7-8-16(22-2)14(18)9-13/h3-10H,11H2,1-2H3,(H,20,21)/b19-10-. The molecular formula is C17H17ClN2O3. The van der Waals surface area contributed by atoms with E-state index in [9.17, 15) is 4.79 Å². The first-order valence-electron chi connectivity index (χ1n) is 6.94. The van der Waals surface area contributed by atoms with Gasteiger partial charge in [0.25, 0.3) is 5.91 Å². The highest BCUT2D eigenvalue weighted by atomic mass is 35.5. The topological polar surface area (TPSA) is 59.9 Å². The number of nitrogens with one attached hydrogen (secondary N) is 1. The smallest absolute Gasteiger partial charge is 0.277 e. The molecule has 0 aromatic heterocycles. The number of amides is 1. The Morgan fingerprint density at radius 2 is 2.04 bits per heavy atom. The van der Waals surface area contributed by atoms with Crippen molar-refractivity contribution in [3.8, 4) is 11.5 Å². The Morgan fingerprint density at radius 1 is 1.26 bits per heavy atom.